The lowest BCUT2D eigenvalue weighted by atomic mass is 9.48. The third-order valence-corrected chi connectivity index (χ3v) is 8.45. The fourth-order valence-electron chi connectivity index (χ4n) is 7.02. The van der Waals surface area contributed by atoms with Gasteiger partial charge in [0.25, 0.3) is 0 Å². The van der Waals surface area contributed by atoms with E-state index in [1.165, 1.54) is 20.8 Å². The Hall–Kier alpha value is -2.98. The molecule has 1 aliphatic heterocycles. The summed E-state index contributed by atoms with van der Waals surface area (Å²) in [5.74, 6) is -3.38. The molecular weight excluding hydrogens is 496 g/mol. The Morgan fingerprint density at radius 3 is 2.16 bits per heavy atom. The molecule has 208 valence electrons. The van der Waals surface area contributed by atoms with Crippen LogP contribution in [0.15, 0.2) is 30.3 Å². The Balaban J connectivity index is 1.99. The Labute approximate surface area is 221 Å². The maximum absolute atomic E-state index is 13.5. The molecule has 1 N–H and O–H groups in total. The van der Waals surface area contributed by atoms with Gasteiger partial charge in [0.2, 0.25) is 0 Å². The summed E-state index contributed by atoms with van der Waals surface area (Å²) in [6.07, 6.45) is -4.27. The third-order valence-electron chi connectivity index (χ3n) is 8.45. The summed E-state index contributed by atoms with van der Waals surface area (Å²) in [6, 6.07) is 8.28. The van der Waals surface area contributed by atoms with Crippen LogP contribution in [0.5, 0.6) is 0 Å². The van der Waals surface area contributed by atoms with Crippen LogP contribution in [-0.2, 0) is 38.1 Å². The summed E-state index contributed by atoms with van der Waals surface area (Å²) in [5, 5.41) is 11.3. The first-order valence-corrected chi connectivity index (χ1v) is 12.9. The number of rotatable bonds is 6. The Kier molecular flexibility index (Phi) is 7.35. The van der Waals surface area contributed by atoms with Crippen molar-refractivity contribution < 1.29 is 48.0 Å². The number of benzene rings is 1. The van der Waals surface area contributed by atoms with E-state index in [4.69, 9.17) is 23.7 Å². The molecule has 1 spiro atoms. The maximum Gasteiger partial charge on any atom is 0.338 e. The molecule has 3 aliphatic rings. The molecular formula is C28H36O10. The van der Waals surface area contributed by atoms with E-state index in [1.807, 2.05) is 20.8 Å². The molecule has 10 heteroatoms. The molecule has 0 unspecified atom stereocenters. The summed E-state index contributed by atoms with van der Waals surface area (Å²) < 4.78 is 30.2. The monoisotopic (exact) mass is 532 g/mol. The zero-order valence-electron chi connectivity index (χ0n) is 22.6. The van der Waals surface area contributed by atoms with Crippen LogP contribution in [0.2, 0.25) is 0 Å². The molecule has 2 saturated carbocycles. The zero-order valence-corrected chi connectivity index (χ0v) is 22.6. The quantitative estimate of drug-likeness (QED) is 0.430. The largest absolute Gasteiger partial charge is 0.465 e. The molecule has 10 nitrogen and oxygen atoms in total. The van der Waals surface area contributed by atoms with Crippen molar-refractivity contribution in [1.82, 2.24) is 0 Å². The van der Waals surface area contributed by atoms with E-state index in [-0.39, 0.29) is 17.9 Å². The standard InChI is InChI=1S/C28H36O10/c1-15-12-21(32)23(36-18(4)31)27(14-34-16(2)29)24(37-25(33)19-10-8-7-9-11-19)22(35-17(3)30)20-13-28(15,27)38-26(20,5)6/h7-11,15,20-24,32H,12-14H2,1-6H3/t15-,20+,21+,22+,23+,24+,27+,28+/m1/s1. The minimum atomic E-state index is -1.60. The highest BCUT2D eigenvalue weighted by atomic mass is 16.6. The van der Waals surface area contributed by atoms with Crippen molar-refractivity contribution in [2.45, 2.75) is 90.0 Å². The second-order valence-corrected chi connectivity index (χ2v) is 11.2. The molecule has 4 rings (SSSR count). The first-order valence-electron chi connectivity index (χ1n) is 12.9. The van der Waals surface area contributed by atoms with Crippen molar-refractivity contribution in [3.63, 3.8) is 0 Å². The molecule has 0 radical (unpaired) electrons. The fourth-order valence-corrected chi connectivity index (χ4v) is 7.02. The Morgan fingerprint density at radius 1 is 0.947 bits per heavy atom. The van der Waals surface area contributed by atoms with Gasteiger partial charge in [-0.1, -0.05) is 25.1 Å². The van der Waals surface area contributed by atoms with Crippen molar-refractivity contribution in [2.24, 2.45) is 17.3 Å². The van der Waals surface area contributed by atoms with Crippen LogP contribution in [0.25, 0.3) is 0 Å². The first kappa shape index (κ1) is 28.0. The number of carbonyl (C=O) groups is 4. The van der Waals surface area contributed by atoms with E-state index in [0.717, 1.165) is 0 Å². The molecule has 1 aromatic carbocycles. The second kappa shape index (κ2) is 9.96. The van der Waals surface area contributed by atoms with E-state index in [1.54, 1.807) is 30.3 Å². The van der Waals surface area contributed by atoms with Gasteiger partial charge in [-0.3, -0.25) is 14.4 Å². The highest BCUT2D eigenvalue weighted by Crippen LogP contribution is 2.67. The van der Waals surface area contributed by atoms with E-state index < -0.39 is 77.4 Å². The number of carbonyl (C=O) groups excluding carboxylic acids is 4. The van der Waals surface area contributed by atoms with Gasteiger partial charge >= 0.3 is 23.9 Å². The van der Waals surface area contributed by atoms with Crippen LogP contribution in [-0.4, -0.2) is 71.2 Å². The minimum Gasteiger partial charge on any atom is -0.465 e. The summed E-state index contributed by atoms with van der Waals surface area (Å²) in [6.45, 7) is 8.90. The normalized spacial score (nSPS) is 36.9. The van der Waals surface area contributed by atoms with Crippen LogP contribution >= 0.6 is 0 Å². The van der Waals surface area contributed by atoms with E-state index in [0.29, 0.717) is 6.42 Å². The van der Waals surface area contributed by atoms with Gasteiger partial charge in [-0.25, -0.2) is 4.79 Å². The highest BCUT2D eigenvalue weighted by Gasteiger charge is 2.80. The molecule has 1 aromatic rings. The average Bonchev–Trinajstić information content (AvgIpc) is 3.09. The van der Waals surface area contributed by atoms with Crippen molar-refractivity contribution in [3.8, 4) is 0 Å². The molecule has 2 bridgehead atoms. The number of aliphatic hydroxyl groups excluding tert-OH is 1. The van der Waals surface area contributed by atoms with Crippen LogP contribution in [0.1, 0.15) is 64.7 Å². The molecule has 0 aromatic heterocycles. The van der Waals surface area contributed by atoms with Gasteiger partial charge in [0.1, 0.15) is 24.2 Å². The number of hydrogen-bond donors (Lipinski definition) is 1. The predicted molar refractivity (Wildman–Crippen MR) is 132 cm³/mol. The number of esters is 4. The Morgan fingerprint density at radius 2 is 1.58 bits per heavy atom. The number of hydrogen-bond acceptors (Lipinski definition) is 10. The SMILES string of the molecule is CC(=O)OC[C@]12[C@@H](OC(=O)c3ccccc3)[C@@H](OC(C)=O)[C@@H]3C[C@]1(OC3(C)C)[C@H](C)C[C@H](O)[C@@H]2OC(C)=O. The van der Waals surface area contributed by atoms with Gasteiger partial charge < -0.3 is 28.8 Å². The van der Waals surface area contributed by atoms with E-state index >= 15 is 0 Å². The van der Waals surface area contributed by atoms with Crippen LogP contribution in [0, 0.1) is 17.3 Å². The van der Waals surface area contributed by atoms with E-state index in [9.17, 15) is 24.3 Å². The summed E-state index contributed by atoms with van der Waals surface area (Å²) in [5.41, 5.74) is -3.38. The lowest BCUT2D eigenvalue weighted by Gasteiger charge is -2.62. The lowest BCUT2D eigenvalue weighted by molar-refractivity contribution is -0.306. The van der Waals surface area contributed by atoms with E-state index in [2.05, 4.69) is 0 Å². The Bertz CT molecular complexity index is 1100. The molecule has 1 heterocycles. The van der Waals surface area contributed by atoms with Gasteiger partial charge in [-0.05, 0) is 44.7 Å². The third kappa shape index (κ3) is 4.47. The summed E-state index contributed by atoms with van der Waals surface area (Å²) in [7, 11) is 0. The van der Waals surface area contributed by atoms with Crippen molar-refractivity contribution in [2.75, 3.05) is 6.61 Å². The number of fused-ring (bicyclic) bond motifs is 1. The molecule has 8 atom stereocenters. The second-order valence-electron chi connectivity index (χ2n) is 11.2. The average molecular weight is 533 g/mol. The minimum absolute atomic E-state index is 0.222. The first-order chi connectivity index (χ1) is 17.7. The predicted octanol–water partition coefficient (Wildman–Crippen LogP) is 2.59. The van der Waals surface area contributed by atoms with Crippen LogP contribution in [0.3, 0.4) is 0 Å². The van der Waals surface area contributed by atoms with Crippen LogP contribution in [0.4, 0.5) is 0 Å². The van der Waals surface area contributed by atoms with Gasteiger partial charge in [-0.2, -0.15) is 0 Å². The molecule has 2 aliphatic carbocycles. The smallest absolute Gasteiger partial charge is 0.338 e. The van der Waals surface area contributed by atoms with Crippen LogP contribution < -0.4 is 0 Å². The van der Waals surface area contributed by atoms with Crippen molar-refractivity contribution in [1.29, 1.82) is 0 Å². The molecule has 1 saturated heterocycles. The highest BCUT2D eigenvalue weighted by molar-refractivity contribution is 5.89. The van der Waals surface area contributed by atoms with Crippen molar-refractivity contribution >= 4 is 23.9 Å². The summed E-state index contributed by atoms with van der Waals surface area (Å²) >= 11 is 0. The molecule has 38 heavy (non-hydrogen) atoms. The molecule has 3 fully saturated rings. The summed E-state index contributed by atoms with van der Waals surface area (Å²) in [4.78, 5) is 50.4. The zero-order chi connectivity index (χ0) is 28.0. The lowest BCUT2D eigenvalue weighted by Crippen LogP contribution is -2.76. The van der Waals surface area contributed by atoms with Gasteiger partial charge in [0.05, 0.1) is 22.9 Å². The number of ether oxygens (including phenoxy) is 5. The van der Waals surface area contributed by atoms with Crippen molar-refractivity contribution in [3.05, 3.63) is 35.9 Å². The van der Waals surface area contributed by atoms with Gasteiger partial charge in [0, 0.05) is 26.7 Å². The fraction of sp³-hybridized carbons (Fsp3) is 0.643. The maximum atomic E-state index is 13.5. The van der Waals surface area contributed by atoms with Gasteiger partial charge in [0.15, 0.2) is 6.10 Å². The van der Waals surface area contributed by atoms with Gasteiger partial charge in [-0.15, -0.1) is 0 Å². The topological polar surface area (TPSA) is 135 Å². The molecule has 0 amide bonds. The number of aliphatic hydroxyl groups is 1.